The molecule has 2 N–H and O–H groups in total. The number of pyridine rings is 1. The molecule has 3 aromatic rings. The molecule has 0 radical (unpaired) electrons. The van der Waals surface area contributed by atoms with E-state index < -0.39 is 48.4 Å². The minimum Gasteiger partial charge on any atom is -0.345 e. The van der Waals surface area contributed by atoms with E-state index >= 15 is 0 Å². The molecular weight excluding hydrogens is 503 g/mol. The molecule has 0 aliphatic rings. The summed E-state index contributed by atoms with van der Waals surface area (Å²) in [5.41, 5.74) is 0.728. The minimum atomic E-state index is -4.61. The molecule has 1 aromatic heterocycles. The Morgan fingerprint density at radius 1 is 0.946 bits per heavy atom. The fourth-order valence-corrected chi connectivity index (χ4v) is 3.74. The molecule has 0 aliphatic heterocycles. The lowest BCUT2D eigenvalue weighted by Crippen LogP contribution is -2.42. The highest BCUT2D eigenvalue weighted by atomic mass is 19.4. The second-order valence-corrected chi connectivity index (χ2v) is 8.49. The van der Waals surface area contributed by atoms with Crippen LogP contribution in [0.1, 0.15) is 46.5 Å². The molecule has 11 heteroatoms. The van der Waals surface area contributed by atoms with Gasteiger partial charge in [-0.15, -0.1) is 0 Å². The predicted octanol–water partition coefficient (Wildman–Crippen LogP) is 6.23. The number of carbonyl (C=O) groups excluding carboxylic acids is 1. The van der Waals surface area contributed by atoms with Crippen molar-refractivity contribution in [2.75, 3.05) is 6.54 Å². The van der Waals surface area contributed by atoms with Gasteiger partial charge in [0.05, 0.1) is 0 Å². The number of aryl methyl sites for hydroxylation is 2. The van der Waals surface area contributed by atoms with Gasteiger partial charge in [-0.3, -0.25) is 15.1 Å². The van der Waals surface area contributed by atoms with Crippen LogP contribution < -0.4 is 10.6 Å². The van der Waals surface area contributed by atoms with E-state index in [0.29, 0.717) is 22.3 Å². The van der Waals surface area contributed by atoms with Crippen LogP contribution in [0.15, 0.2) is 66.9 Å². The lowest BCUT2D eigenvalue weighted by Gasteiger charge is -2.27. The average Bonchev–Trinajstić information content (AvgIpc) is 2.84. The molecule has 0 unspecified atom stereocenters. The van der Waals surface area contributed by atoms with E-state index in [1.165, 1.54) is 18.2 Å². The molecule has 0 fully saturated rings. The van der Waals surface area contributed by atoms with Crippen LogP contribution in [0.2, 0.25) is 0 Å². The summed E-state index contributed by atoms with van der Waals surface area (Å²) in [6.45, 7) is 0.0226. The SMILES string of the molecule is Cc1cc([C@@H](CCc2ccc(C(F)(F)F)nc2)N[C@@H](C(=O)NCC(F)(F)F)c2ccccc2)ccc1F. The number of hydrogen-bond acceptors (Lipinski definition) is 3. The molecule has 2 atom stereocenters. The molecule has 0 saturated carbocycles. The summed E-state index contributed by atoms with van der Waals surface area (Å²) in [7, 11) is 0. The maximum absolute atomic E-state index is 13.9. The number of amides is 1. The number of nitrogens with zero attached hydrogens (tertiary/aromatic N) is 1. The van der Waals surface area contributed by atoms with E-state index in [2.05, 4.69) is 10.3 Å². The number of alkyl halides is 6. The van der Waals surface area contributed by atoms with Gasteiger partial charge < -0.3 is 5.32 Å². The molecule has 3 rings (SSSR count). The number of hydrogen-bond donors (Lipinski definition) is 2. The van der Waals surface area contributed by atoms with Gasteiger partial charge >= 0.3 is 12.4 Å². The fourth-order valence-electron chi connectivity index (χ4n) is 3.74. The first-order chi connectivity index (χ1) is 17.3. The summed E-state index contributed by atoms with van der Waals surface area (Å²) in [5.74, 6) is -1.37. The fraction of sp³-hybridized carbons (Fsp3) is 0.308. The summed E-state index contributed by atoms with van der Waals surface area (Å²) in [6, 6.07) is 12.7. The van der Waals surface area contributed by atoms with Crippen LogP contribution in [-0.4, -0.2) is 23.6 Å². The van der Waals surface area contributed by atoms with E-state index in [1.807, 2.05) is 5.32 Å². The maximum atomic E-state index is 13.9. The normalized spacial score (nSPS) is 13.7. The van der Waals surface area contributed by atoms with Crippen molar-refractivity contribution in [3.8, 4) is 0 Å². The van der Waals surface area contributed by atoms with E-state index in [1.54, 1.807) is 43.3 Å². The Kier molecular flexibility index (Phi) is 8.90. The van der Waals surface area contributed by atoms with Crippen molar-refractivity contribution < 1.29 is 35.5 Å². The first-order valence-corrected chi connectivity index (χ1v) is 11.3. The number of halogens is 7. The van der Waals surface area contributed by atoms with E-state index in [4.69, 9.17) is 0 Å². The second-order valence-electron chi connectivity index (χ2n) is 8.49. The summed E-state index contributed by atoms with van der Waals surface area (Å²) in [4.78, 5) is 16.3. The lowest BCUT2D eigenvalue weighted by molar-refractivity contribution is -0.141. The molecule has 0 bridgehead atoms. The van der Waals surface area contributed by atoms with Gasteiger partial charge in [0.2, 0.25) is 5.91 Å². The van der Waals surface area contributed by atoms with Crippen LogP contribution in [0.4, 0.5) is 30.7 Å². The quantitative estimate of drug-likeness (QED) is 0.325. The van der Waals surface area contributed by atoms with Crippen molar-refractivity contribution in [1.82, 2.24) is 15.6 Å². The van der Waals surface area contributed by atoms with Crippen LogP contribution in [0.3, 0.4) is 0 Å². The van der Waals surface area contributed by atoms with Crippen molar-refractivity contribution in [2.45, 2.75) is 44.2 Å². The molecule has 0 saturated heterocycles. The predicted molar refractivity (Wildman–Crippen MR) is 123 cm³/mol. The molecule has 37 heavy (non-hydrogen) atoms. The number of rotatable bonds is 9. The molecule has 0 spiro atoms. The zero-order valence-corrected chi connectivity index (χ0v) is 19.6. The van der Waals surface area contributed by atoms with Crippen LogP contribution in [0, 0.1) is 12.7 Å². The van der Waals surface area contributed by atoms with E-state index in [0.717, 1.165) is 12.3 Å². The minimum absolute atomic E-state index is 0.227. The Balaban J connectivity index is 1.89. The van der Waals surface area contributed by atoms with Gasteiger partial charge in [0, 0.05) is 12.2 Å². The monoisotopic (exact) mass is 527 g/mol. The van der Waals surface area contributed by atoms with Crippen LogP contribution in [0.25, 0.3) is 0 Å². The Hall–Kier alpha value is -3.47. The van der Waals surface area contributed by atoms with Gasteiger partial charge in [-0.2, -0.15) is 26.3 Å². The Labute approximate surface area is 208 Å². The van der Waals surface area contributed by atoms with Crippen LogP contribution >= 0.6 is 0 Å². The van der Waals surface area contributed by atoms with Gasteiger partial charge in [-0.25, -0.2) is 4.39 Å². The molecule has 2 aromatic carbocycles. The highest BCUT2D eigenvalue weighted by Gasteiger charge is 2.33. The van der Waals surface area contributed by atoms with Crippen LogP contribution in [-0.2, 0) is 17.4 Å². The molecule has 4 nitrogen and oxygen atoms in total. The molecular formula is C26H24F7N3O. The Morgan fingerprint density at radius 3 is 2.22 bits per heavy atom. The number of nitrogens with one attached hydrogen (secondary N) is 2. The third-order valence-corrected chi connectivity index (χ3v) is 5.65. The van der Waals surface area contributed by atoms with Crippen molar-refractivity contribution in [3.63, 3.8) is 0 Å². The average molecular weight is 527 g/mol. The van der Waals surface area contributed by atoms with Gasteiger partial charge in [0.25, 0.3) is 0 Å². The van der Waals surface area contributed by atoms with Gasteiger partial charge in [-0.05, 0) is 54.2 Å². The van der Waals surface area contributed by atoms with E-state index in [-0.39, 0.29) is 12.8 Å². The van der Waals surface area contributed by atoms with Crippen molar-refractivity contribution >= 4 is 5.91 Å². The van der Waals surface area contributed by atoms with E-state index in [9.17, 15) is 35.5 Å². The second kappa shape index (κ2) is 11.7. The Bertz CT molecular complexity index is 1180. The largest absolute Gasteiger partial charge is 0.433 e. The summed E-state index contributed by atoms with van der Waals surface area (Å²) in [5, 5.41) is 4.96. The number of benzene rings is 2. The van der Waals surface area contributed by atoms with Gasteiger partial charge in [0.1, 0.15) is 24.1 Å². The Morgan fingerprint density at radius 2 is 1.65 bits per heavy atom. The highest BCUT2D eigenvalue weighted by molar-refractivity contribution is 5.83. The lowest BCUT2D eigenvalue weighted by atomic mass is 9.95. The third-order valence-electron chi connectivity index (χ3n) is 5.65. The smallest absolute Gasteiger partial charge is 0.345 e. The van der Waals surface area contributed by atoms with Crippen molar-refractivity contribution in [2.24, 2.45) is 0 Å². The maximum Gasteiger partial charge on any atom is 0.433 e. The first kappa shape index (κ1) is 28.1. The molecule has 0 aliphatic carbocycles. The van der Waals surface area contributed by atoms with Crippen LogP contribution in [0.5, 0.6) is 0 Å². The topological polar surface area (TPSA) is 54.0 Å². The molecule has 1 heterocycles. The standard InChI is InChI=1S/C26H24F7N3O/c1-16-13-19(9-10-20(16)27)21(11-7-17-8-12-22(34-14-17)26(31,32)33)36-23(18-5-3-2-4-6-18)24(37)35-15-25(28,29)30/h2-6,8-10,12-14,21,23,36H,7,11,15H2,1H3,(H,35,37)/t21-,23-/m1/s1. The summed E-state index contributed by atoms with van der Waals surface area (Å²) < 4.78 is 90.7. The van der Waals surface area contributed by atoms with Crippen molar-refractivity contribution in [1.29, 1.82) is 0 Å². The van der Waals surface area contributed by atoms with Gasteiger partial charge in [-0.1, -0.05) is 48.5 Å². The summed E-state index contributed by atoms with van der Waals surface area (Å²) in [6.07, 6.45) is -7.64. The third kappa shape index (κ3) is 8.28. The molecule has 198 valence electrons. The van der Waals surface area contributed by atoms with Crippen molar-refractivity contribution in [3.05, 3.63) is 101 Å². The zero-order valence-electron chi connectivity index (χ0n) is 19.6. The number of aromatic nitrogens is 1. The van der Waals surface area contributed by atoms with Gasteiger partial charge in [0.15, 0.2) is 0 Å². The zero-order chi connectivity index (χ0) is 27.2. The first-order valence-electron chi connectivity index (χ1n) is 11.3. The summed E-state index contributed by atoms with van der Waals surface area (Å²) >= 11 is 0. The highest BCUT2D eigenvalue weighted by Crippen LogP contribution is 2.29. The molecule has 1 amide bonds. The number of carbonyl (C=O) groups is 1.